The van der Waals surface area contributed by atoms with E-state index in [9.17, 15) is 9.59 Å². The van der Waals surface area contributed by atoms with Crippen molar-refractivity contribution in [2.45, 2.75) is 70.3 Å². The van der Waals surface area contributed by atoms with Crippen molar-refractivity contribution in [3.05, 3.63) is 28.8 Å². The third-order valence-electron chi connectivity index (χ3n) is 5.83. The van der Waals surface area contributed by atoms with Crippen molar-refractivity contribution in [1.82, 2.24) is 10.2 Å². The van der Waals surface area contributed by atoms with Crippen LogP contribution in [-0.4, -0.2) is 42.5 Å². The summed E-state index contributed by atoms with van der Waals surface area (Å²) < 4.78 is 5.96. The van der Waals surface area contributed by atoms with Gasteiger partial charge in [0.1, 0.15) is 5.75 Å². The van der Waals surface area contributed by atoms with E-state index in [0.717, 1.165) is 43.5 Å². The molecule has 1 unspecified atom stereocenters. The lowest BCUT2D eigenvalue weighted by molar-refractivity contribution is -0.135. The molecule has 1 heterocycles. The third kappa shape index (κ3) is 5.63. The molecule has 0 radical (unpaired) electrons. The lowest BCUT2D eigenvalue weighted by atomic mass is 9.84. The van der Waals surface area contributed by atoms with Crippen LogP contribution in [0.15, 0.2) is 18.2 Å². The summed E-state index contributed by atoms with van der Waals surface area (Å²) in [5.74, 6) is 1.24. The standard InChI is InChI=1S/C22H31ClN2O3/c1-2-21(26)24-18-9-6-12-25(14-18)22(27)15-28-20-11-10-17(23)13-19(20)16-7-4-3-5-8-16/h10-11,13,16,18H,2-9,12,14-15H2,1H3,(H,24,26). The normalized spacial score (nSPS) is 20.6. The second-order valence-electron chi connectivity index (χ2n) is 7.91. The van der Waals surface area contributed by atoms with E-state index in [1.165, 1.54) is 19.3 Å². The van der Waals surface area contributed by atoms with E-state index in [1.54, 1.807) is 4.90 Å². The first kappa shape index (κ1) is 21.0. The van der Waals surface area contributed by atoms with Gasteiger partial charge in [0.25, 0.3) is 5.91 Å². The van der Waals surface area contributed by atoms with Crippen molar-refractivity contribution in [3.63, 3.8) is 0 Å². The first-order valence-electron chi connectivity index (χ1n) is 10.6. The van der Waals surface area contributed by atoms with Gasteiger partial charge in [-0.15, -0.1) is 0 Å². The van der Waals surface area contributed by atoms with Crippen LogP contribution in [0.3, 0.4) is 0 Å². The van der Waals surface area contributed by atoms with Gasteiger partial charge >= 0.3 is 0 Å². The summed E-state index contributed by atoms with van der Waals surface area (Å²) in [6.07, 6.45) is 8.33. The fraction of sp³-hybridized carbons (Fsp3) is 0.636. The molecule has 154 valence electrons. The predicted molar refractivity (Wildman–Crippen MR) is 111 cm³/mol. The number of likely N-dealkylation sites (tertiary alicyclic amines) is 1. The molecule has 3 rings (SSSR count). The van der Waals surface area contributed by atoms with Crippen molar-refractivity contribution in [1.29, 1.82) is 0 Å². The minimum Gasteiger partial charge on any atom is -0.483 e. The van der Waals surface area contributed by atoms with Gasteiger partial charge in [0.2, 0.25) is 5.91 Å². The van der Waals surface area contributed by atoms with E-state index in [1.807, 2.05) is 25.1 Å². The lowest BCUT2D eigenvalue weighted by Crippen LogP contribution is -2.50. The van der Waals surface area contributed by atoms with Crippen molar-refractivity contribution in [3.8, 4) is 5.75 Å². The van der Waals surface area contributed by atoms with Crippen molar-refractivity contribution >= 4 is 23.4 Å². The highest BCUT2D eigenvalue weighted by molar-refractivity contribution is 6.30. The van der Waals surface area contributed by atoms with E-state index in [-0.39, 0.29) is 24.5 Å². The average molecular weight is 407 g/mol. The number of amides is 2. The molecule has 5 nitrogen and oxygen atoms in total. The minimum atomic E-state index is -0.0278. The molecule has 2 aliphatic rings. The highest BCUT2D eigenvalue weighted by atomic mass is 35.5. The number of carbonyl (C=O) groups is 2. The fourth-order valence-electron chi connectivity index (χ4n) is 4.27. The second kappa shape index (κ2) is 10.1. The molecule has 0 bridgehead atoms. The molecule has 1 N–H and O–H groups in total. The quantitative estimate of drug-likeness (QED) is 0.766. The maximum atomic E-state index is 12.7. The maximum Gasteiger partial charge on any atom is 0.260 e. The second-order valence-corrected chi connectivity index (χ2v) is 8.34. The largest absolute Gasteiger partial charge is 0.483 e. The Labute approximate surface area is 172 Å². The molecule has 0 aromatic heterocycles. The summed E-state index contributed by atoms with van der Waals surface area (Å²) >= 11 is 6.22. The molecule has 28 heavy (non-hydrogen) atoms. The van der Waals surface area contributed by atoms with E-state index < -0.39 is 0 Å². The van der Waals surface area contributed by atoms with Crippen LogP contribution in [-0.2, 0) is 9.59 Å². The van der Waals surface area contributed by atoms with Gasteiger partial charge in [-0.05, 0) is 55.4 Å². The van der Waals surface area contributed by atoms with Crippen LogP contribution in [0, 0.1) is 0 Å². The van der Waals surface area contributed by atoms with Crippen LogP contribution in [0.2, 0.25) is 5.02 Å². The Kier molecular flexibility index (Phi) is 7.60. The zero-order valence-corrected chi connectivity index (χ0v) is 17.5. The van der Waals surface area contributed by atoms with E-state index in [4.69, 9.17) is 16.3 Å². The molecule has 1 saturated heterocycles. The number of nitrogens with one attached hydrogen (secondary N) is 1. The Morgan fingerprint density at radius 3 is 2.71 bits per heavy atom. The smallest absolute Gasteiger partial charge is 0.260 e. The van der Waals surface area contributed by atoms with E-state index in [2.05, 4.69) is 5.32 Å². The number of rotatable bonds is 6. The molecular weight excluding hydrogens is 376 g/mol. The number of halogens is 1. The summed E-state index contributed by atoms with van der Waals surface area (Å²) in [5.41, 5.74) is 1.13. The van der Waals surface area contributed by atoms with Gasteiger partial charge in [0.05, 0.1) is 0 Å². The Morgan fingerprint density at radius 2 is 1.96 bits per heavy atom. The zero-order chi connectivity index (χ0) is 19.9. The molecule has 1 aliphatic heterocycles. The van der Waals surface area contributed by atoms with E-state index in [0.29, 0.717) is 23.9 Å². The van der Waals surface area contributed by atoms with Gasteiger partial charge in [-0.3, -0.25) is 9.59 Å². The van der Waals surface area contributed by atoms with Crippen LogP contribution < -0.4 is 10.1 Å². The number of benzene rings is 1. The number of carbonyl (C=O) groups excluding carboxylic acids is 2. The van der Waals surface area contributed by atoms with Crippen molar-refractivity contribution in [2.75, 3.05) is 19.7 Å². The highest BCUT2D eigenvalue weighted by Crippen LogP contribution is 2.38. The number of piperidine rings is 1. The van der Waals surface area contributed by atoms with Gasteiger partial charge in [-0.25, -0.2) is 0 Å². The molecular formula is C22H31ClN2O3. The summed E-state index contributed by atoms with van der Waals surface area (Å²) in [6, 6.07) is 5.75. The van der Waals surface area contributed by atoms with Crippen LogP contribution in [0.1, 0.15) is 69.8 Å². The fourth-order valence-corrected chi connectivity index (χ4v) is 4.45. The average Bonchev–Trinajstić information content (AvgIpc) is 2.73. The van der Waals surface area contributed by atoms with E-state index >= 15 is 0 Å². The molecule has 1 aromatic rings. The third-order valence-corrected chi connectivity index (χ3v) is 6.06. The molecule has 1 aliphatic carbocycles. The molecule has 6 heteroatoms. The topological polar surface area (TPSA) is 58.6 Å². The first-order valence-corrected chi connectivity index (χ1v) is 10.9. The maximum absolute atomic E-state index is 12.7. The van der Waals surface area contributed by atoms with Gasteiger partial charge in [-0.1, -0.05) is 37.8 Å². The van der Waals surface area contributed by atoms with Crippen LogP contribution in [0.25, 0.3) is 0 Å². The molecule has 1 saturated carbocycles. The molecule has 0 spiro atoms. The Bertz CT molecular complexity index is 688. The van der Waals surface area contributed by atoms with Crippen LogP contribution in [0.4, 0.5) is 0 Å². The molecule has 1 atom stereocenters. The van der Waals surface area contributed by atoms with Gasteiger partial charge < -0.3 is 15.0 Å². The van der Waals surface area contributed by atoms with Crippen LogP contribution >= 0.6 is 11.6 Å². The summed E-state index contributed by atoms with van der Waals surface area (Å²) in [4.78, 5) is 26.1. The predicted octanol–water partition coefficient (Wildman–Crippen LogP) is 4.28. The summed E-state index contributed by atoms with van der Waals surface area (Å²) in [6.45, 7) is 3.14. The SMILES string of the molecule is CCC(=O)NC1CCCN(C(=O)COc2ccc(Cl)cc2C2CCCCC2)C1. The first-order chi connectivity index (χ1) is 13.6. The zero-order valence-electron chi connectivity index (χ0n) is 16.7. The van der Waals surface area contributed by atoms with Gasteiger partial charge in [0, 0.05) is 30.6 Å². The summed E-state index contributed by atoms with van der Waals surface area (Å²) in [5, 5.41) is 3.71. The highest BCUT2D eigenvalue weighted by Gasteiger charge is 2.25. The minimum absolute atomic E-state index is 0.0236. The molecule has 1 aromatic carbocycles. The number of nitrogens with zero attached hydrogens (tertiary/aromatic N) is 1. The number of hydrogen-bond acceptors (Lipinski definition) is 3. The van der Waals surface area contributed by atoms with Gasteiger partial charge in [0.15, 0.2) is 6.61 Å². The lowest BCUT2D eigenvalue weighted by Gasteiger charge is -2.33. The molecule has 2 amide bonds. The Morgan fingerprint density at radius 1 is 1.18 bits per heavy atom. The number of ether oxygens (including phenoxy) is 1. The van der Waals surface area contributed by atoms with Crippen molar-refractivity contribution in [2.24, 2.45) is 0 Å². The molecule has 2 fully saturated rings. The Balaban J connectivity index is 1.59. The Hall–Kier alpha value is -1.75. The van der Waals surface area contributed by atoms with Crippen molar-refractivity contribution < 1.29 is 14.3 Å². The van der Waals surface area contributed by atoms with Gasteiger partial charge in [-0.2, -0.15) is 0 Å². The van der Waals surface area contributed by atoms with Crippen LogP contribution in [0.5, 0.6) is 5.75 Å². The number of hydrogen-bond donors (Lipinski definition) is 1. The summed E-state index contributed by atoms with van der Waals surface area (Å²) in [7, 11) is 0. The monoisotopic (exact) mass is 406 g/mol.